The molecule has 1 aliphatic heterocycles. The minimum absolute atomic E-state index is 0.173. The predicted octanol–water partition coefficient (Wildman–Crippen LogP) is 5.41. The molecule has 2 aromatic heterocycles. The minimum Gasteiger partial charge on any atom is -0.268 e. The fourth-order valence-corrected chi connectivity index (χ4v) is 5.21. The normalized spacial score (nSPS) is 12.5. The third-order valence-corrected chi connectivity index (χ3v) is 6.34. The maximum atomic E-state index is 13.0. The molecule has 0 bridgehead atoms. The van der Waals surface area contributed by atoms with Crippen molar-refractivity contribution in [3.05, 3.63) is 73.3 Å². The lowest BCUT2D eigenvalue weighted by atomic mass is 10.0. The maximum Gasteiger partial charge on any atom is 0.282 e. The predicted molar refractivity (Wildman–Crippen MR) is 109 cm³/mol. The second-order valence-corrected chi connectivity index (χ2v) is 8.31. The monoisotopic (exact) mass is 412 g/mol. The largest absolute Gasteiger partial charge is 0.282 e. The Kier molecular flexibility index (Phi) is 3.56. The molecular formula is C20H10Cl2N2O2S. The van der Waals surface area contributed by atoms with Crippen LogP contribution in [0.15, 0.2) is 47.3 Å². The van der Waals surface area contributed by atoms with E-state index in [1.807, 2.05) is 19.1 Å². The molecule has 27 heavy (non-hydrogen) atoms. The quantitative estimate of drug-likeness (QED) is 0.369. The maximum absolute atomic E-state index is 13.0. The summed E-state index contributed by atoms with van der Waals surface area (Å²) in [6, 6.07) is 12.3. The van der Waals surface area contributed by atoms with Gasteiger partial charge in [-0.1, -0.05) is 47.5 Å². The molecule has 4 nitrogen and oxygen atoms in total. The van der Waals surface area contributed by atoms with Crippen LogP contribution in [0.25, 0.3) is 32.7 Å². The standard InChI is InChI=1S/C20H10Cl2N2O2S/c1-9-15(13-7-6-10(21)8-14(13)22)16-18(25)23-17-11-4-2-3-5-12(11)19(26)24(17)20(16)27-9/h2-8H,1H3. The average molecular weight is 413 g/mol. The van der Waals surface area contributed by atoms with Crippen molar-refractivity contribution < 1.29 is 4.79 Å². The van der Waals surface area contributed by atoms with Gasteiger partial charge in [-0.2, -0.15) is 4.98 Å². The van der Waals surface area contributed by atoms with Gasteiger partial charge in [0.25, 0.3) is 11.5 Å². The Morgan fingerprint density at radius 3 is 2.48 bits per heavy atom. The lowest BCUT2D eigenvalue weighted by Crippen LogP contribution is -2.15. The Balaban J connectivity index is 1.90. The number of rotatable bonds is 1. The summed E-state index contributed by atoms with van der Waals surface area (Å²) in [7, 11) is 0. The van der Waals surface area contributed by atoms with Gasteiger partial charge in [0.15, 0.2) is 5.82 Å². The lowest BCUT2D eigenvalue weighted by molar-refractivity contribution is 0.0973. The van der Waals surface area contributed by atoms with Crippen LogP contribution >= 0.6 is 34.5 Å². The Hall–Kier alpha value is -2.47. The number of hydrogen-bond acceptors (Lipinski definition) is 4. The zero-order valence-electron chi connectivity index (χ0n) is 13.9. The smallest absolute Gasteiger partial charge is 0.268 e. The summed E-state index contributed by atoms with van der Waals surface area (Å²) < 4.78 is 1.53. The van der Waals surface area contributed by atoms with Gasteiger partial charge in [0, 0.05) is 31.6 Å². The number of carbonyl (C=O) groups is 1. The van der Waals surface area contributed by atoms with Crippen LogP contribution in [0, 0.1) is 6.92 Å². The summed E-state index contributed by atoms with van der Waals surface area (Å²) in [4.78, 5) is 31.6. The van der Waals surface area contributed by atoms with Crippen molar-refractivity contribution in [1.29, 1.82) is 0 Å². The highest BCUT2D eigenvalue weighted by molar-refractivity contribution is 7.19. The third-order valence-electron chi connectivity index (χ3n) is 4.70. The van der Waals surface area contributed by atoms with Crippen LogP contribution in [0.3, 0.4) is 0 Å². The summed E-state index contributed by atoms with van der Waals surface area (Å²) in [5, 5.41) is 1.37. The Bertz CT molecular complexity index is 1350. The summed E-state index contributed by atoms with van der Waals surface area (Å²) in [5.41, 5.74) is 2.26. The molecule has 132 valence electrons. The summed E-state index contributed by atoms with van der Waals surface area (Å²) in [6.45, 7) is 1.91. The van der Waals surface area contributed by atoms with Crippen molar-refractivity contribution in [1.82, 2.24) is 9.55 Å². The van der Waals surface area contributed by atoms with E-state index in [-0.39, 0.29) is 11.5 Å². The Morgan fingerprint density at radius 2 is 1.74 bits per heavy atom. The van der Waals surface area contributed by atoms with Crippen molar-refractivity contribution >= 4 is 50.7 Å². The van der Waals surface area contributed by atoms with Gasteiger partial charge in [0.1, 0.15) is 4.83 Å². The molecule has 0 radical (unpaired) electrons. The number of nitrogens with zero attached hydrogens (tertiary/aromatic N) is 2. The van der Waals surface area contributed by atoms with E-state index in [4.69, 9.17) is 23.2 Å². The first-order valence-corrected chi connectivity index (χ1v) is 9.70. The molecule has 4 aromatic rings. The van der Waals surface area contributed by atoms with E-state index >= 15 is 0 Å². The lowest BCUT2D eigenvalue weighted by Gasteiger charge is -2.06. The number of benzene rings is 2. The molecule has 1 aliphatic rings. The van der Waals surface area contributed by atoms with Crippen LogP contribution in [0.4, 0.5) is 0 Å². The number of halogens is 2. The highest BCUT2D eigenvalue weighted by Crippen LogP contribution is 2.42. The van der Waals surface area contributed by atoms with Crippen LogP contribution in [-0.2, 0) is 0 Å². The molecule has 0 N–H and O–H groups in total. The van der Waals surface area contributed by atoms with Gasteiger partial charge in [0.2, 0.25) is 0 Å². The van der Waals surface area contributed by atoms with Crippen molar-refractivity contribution in [2.24, 2.45) is 0 Å². The van der Waals surface area contributed by atoms with E-state index in [1.165, 1.54) is 15.9 Å². The van der Waals surface area contributed by atoms with Crippen LogP contribution in [0.2, 0.25) is 10.0 Å². The van der Waals surface area contributed by atoms with Crippen LogP contribution in [-0.4, -0.2) is 15.5 Å². The number of hydrogen-bond donors (Lipinski definition) is 0. The second kappa shape index (κ2) is 5.76. The molecule has 0 aliphatic carbocycles. The first-order valence-electron chi connectivity index (χ1n) is 8.13. The van der Waals surface area contributed by atoms with Gasteiger partial charge in [-0.15, -0.1) is 11.3 Å². The minimum atomic E-state index is -0.369. The van der Waals surface area contributed by atoms with E-state index in [2.05, 4.69) is 4.98 Å². The molecule has 0 spiro atoms. The zero-order valence-corrected chi connectivity index (χ0v) is 16.2. The summed E-state index contributed by atoms with van der Waals surface area (Å²) in [6.07, 6.45) is 0. The topological polar surface area (TPSA) is 52.0 Å². The molecule has 0 unspecified atom stereocenters. The Morgan fingerprint density at radius 1 is 1.00 bits per heavy atom. The first-order chi connectivity index (χ1) is 13.0. The first kappa shape index (κ1) is 16.7. The molecule has 2 aromatic carbocycles. The summed E-state index contributed by atoms with van der Waals surface area (Å²) in [5.74, 6) is 0.219. The number of fused-ring (bicyclic) bond motifs is 5. The molecule has 0 saturated carbocycles. The molecule has 0 amide bonds. The highest BCUT2D eigenvalue weighted by atomic mass is 35.5. The van der Waals surface area contributed by atoms with Gasteiger partial charge in [0.05, 0.1) is 10.9 Å². The van der Waals surface area contributed by atoms with Crippen LogP contribution < -0.4 is 5.56 Å². The van der Waals surface area contributed by atoms with E-state index < -0.39 is 0 Å². The van der Waals surface area contributed by atoms with Crippen molar-refractivity contribution in [3.63, 3.8) is 0 Å². The van der Waals surface area contributed by atoms with Gasteiger partial charge in [-0.05, 0) is 25.1 Å². The molecule has 0 atom stereocenters. The molecule has 7 heteroatoms. The van der Waals surface area contributed by atoms with E-state index in [0.717, 1.165) is 4.88 Å². The number of thiophene rings is 1. The average Bonchev–Trinajstić information content (AvgIpc) is 3.11. The number of aromatic nitrogens is 2. The van der Waals surface area contributed by atoms with E-state index in [0.29, 0.717) is 48.3 Å². The van der Waals surface area contributed by atoms with Crippen LogP contribution in [0.5, 0.6) is 0 Å². The SMILES string of the molecule is Cc1sc2c(c1-c1ccc(Cl)cc1Cl)c(=O)nc1n2C(=O)c2ccccc2-1. The number of aryl methyl sites for hydroxylation is 1. The molecule has 0 fully saturated rings. The Labute approximate surface area is 167 Å². The van der Waals surface area contributed by atoms with Crippen molar-refractivity contribution in [3.8, 4) is 22.5 Å². The summed E-state index contributed by atoms with van der Waals surface area (Å²) >= 11 is 13.8. The van der Waals surface area contributed by atoms with Gasteiger partial charge >= 0.3 is 0 Å². The fourth-order valence-electron chi connectivity index (χ4n) is 3.55. The molecule has 5 rings (SSSR count). The molecular weight excluding hydrogens is 403 g/mol. The molecule has 3 heterocycles. The van der Waals surface area contributed by atoms with Crippen molar-refractivity contribution in [2.75, 3.05) is 0 Å². The van der Waals surface area contributed by atoms with E-state index in [1.54, 1.807) is 30.3 Å². The van der Waals surface area contributed by atoms with Gasteiger partial charge in [-0.3, -0.25) is 9.59 Å². The highest BCUT2D eigenvalue weighted by Gasteiger charge is 2.31. The van der Waals surface area contributed by atoms with E-state index in [9.17, 15) is 9.59 Å². The van der Waals surface area contributed by atoms with Crippen LogP contribution in [0.1, 0.15) is 15.2 Å². The third kappa shape index (κ3) is 2.26. The van der Waals surface area contributed by atoms with Gasteiger partial charge in [-0.25, -0.2) is 4.57 Å². The molecule has 0 saturated heterocycles. The zero-order chi connectivity index (χ0) is 18.9. The van der Waals surface area contributed by atoms with Crippen molar-refractivity contribution in [2.45, 2.75) is 6.92 Å². The fraction of sp³-hybridized carbons (Fsp3) is 0.0500. The van der Waals surface area contributed by atoms with Gasteiger partial charge < -0.3 is 0 Å². The number of carbonyl (C=O) groups excluding carboxylic acids is 1. The second-order valence-electron chi connectivity index (χ2n) is 6.26.